The molecule has 0 bridgehead atoms. The lowest BCUT2D eigenvalue weighted by Gasteiger charge is -2.31. The van der Waals surface area contributed by atoms with Crippen LogP contribution in [0.2, 0.25) is 5.02 Å². The number of hydrogen-bond donors (Lipinski definition) is 2. The molecule has 2 heterocycles. The van der Waals surface area contributed by atoms with E-state index in [0.717, 1.165) is 37.0 Å². The Morgan fingerprint density at radius 1 is 1.07 bits per heavy atom. The van der Waals surface area contributed by atoms with Crippen LogP contribution in [0.15, 0.2) is 59.0 Å². The summed E-state index contributed by atoms with van der Waals surface area (Å²) in [5, 5.41) is 7.34. The van der Waals surface area contributed by atoms with Gasteiger partial charge in [0.2, 0.25) is 5.91 Å². The van der Waals surface area contributed by atoms with Crippen LogP contribution < -0.4 is 10.6 Å². The van der Waals surface area contributed by atoms with Crippen LogP contribution >= 0.6 is 11.6 Å². The van der Waals surface area contributed by atoms with Crippen LogP contribution in [0.1, 0.15) is 23.4 Å². The van der Waals surface area contributed by atoms with Gasteiger partial charge in [-0.05, 0) is 49.2 Å². The molecule has 0 spiro atoms. The number of carbonyl (C=O) groups is 2. The molecule has 7 heteroatoms. The first-order chi connectivity index (χ1) is 14.1. The Labute approximate surface area is 173 Å². The van der Waals surface area contributed by atoms with Crippen molar-refractivity contribution in [1.82, 2.24) is 10.2 Å². The summed E-state index contributed by atoms with van der Waals surface area (Å²) in [7, 11) is 0. The van der Waals surface area contributed by atoms with Crippen molar-refractivity contribution in [3.8, 4) is 0 Å². The van der Waals surface area contributed by atoms with E-state index in [2.05, 4.69) is 15.5 Å². The summed E-state index contributed by atoms with van der Waals surface area (Å²) in [6, 6.07) is 16.5. The molecule has 0 aliphatic carbocycles. The second-order valence-electron chi connectivity index (χ2n) is 7.23. The number of carbonyl (C=O) groups excluding carboxylic acids is 2. The lowest BCUT2D eigenvalue weighted by molar-refractivity contribution is -0.117. The van der Waals surface area contributed by atoms with E-state index in [-0.39, 0.29) is 23.6 Å². The molecule has 6 nitrogen and oxygen atoms in total. The summed E-state index contributed by atoms with van der Waals surface area (Å²) in [4.78, 5) is 26.8. The number of likely N-dealkylation sites (tertiary alicyclic amines) is 1. The Bertz CT molecular complexity index is 1010. The van der Waals surface area contributed by atoms with Gasteiger partial charge in [-0.1, -0.05) is 29.8 Å². The monoisotopic (exact) mass is 411 g/mol. The van der Waals surface area contributed by atoms with Gasteiger partial charge in [0.15, 0.2) is 5.76 Å². The van der Waals surface area contributed by atoms with Gasteiger partial charge in [-0.25, -0.2) is 0 Å². The Hall–Kier alpha value is -2.83. The predicted octanol–water partition coefficient (Wildman–Crippen LogP) is 3.92. The minimum absolute atomic E-state index is 0.0281. The number of fused-ring (bicyclic) bond motifs is 1. The molecule has 1 aliphatic rings. The summed E-state index contributed by atoms with van der Waals surface area (Å²) >= 11 is 5.98. The van der Waals surface area contributed by atoms with Crippen molar-refractivity contribution >= 4 is 40.1 Å². The topological polar surface area (TPSA) is 74.6 Å². The Morgan fingerprint density at radius 2 is 1.83 bits per heavy atom. The van der Waals surface area contributed by atoms with Gasteiger partial charge < -0.3 is 15.1 Å². The molecule has 1 aliphatic heterocycles. The summed E-state index contributed by atoms with van der Waals surface area (Å²) in [6.45, 7) is 1.85. The maximum absolute atomic E-state index is 12.5. The second kappa shape index (κ2) is 8.68. The van der Waals surface area contributed by atoms with Crippen LogP contribution in [0.5, 0.6) is 0 Å². The Balaban J connectivity index is 1.26. The van der Waals surface area contributed by atoms with Crippen LogP contribution in [0.4, 0.5) is 5.69 Å². The van der Waals surface area contributed by atoms with Gasteiger partial charge in [0, 0.05) is 35.2 Å². The SMILES string of the molecule is O=C(CN1CCC(NC(=O)c2cc3cc(Cl)ccc3o2)CC1)Nc1ccccc1. The number of furan rings is 1. The molecule has 1 fully saturated rings. The van der Waals surface area contributed by atoms with E-state index >= 15 is 0 Å². The molecular formula is C22H22ClN3O3. The predicted molar refractivity (Wildman–Crippen MR) is 113 cm³/mol. The molecule has 0 atom stereocenters. The minimum atomic E-state index is -0.224. The number of nitrogens with one attached hydrogen (secondary N) is 2. The summed E-state index contributed by atoms with van der Waals surface area (Å²) < 4.78 is 5.62. The van der Waals surface area contributed by atoms with Crippen LogP contribution in [-0.4, -0.2) is 42.4 Å². The van der Waals surface area contributed by atoms with E-state index in [1.54, 1.807) is 24.3 Å². The highest BCUT2D eigenvalue weighted by atomic mass is 35.5. The summed E-state index contributed by atoms with van der Waals surface area (Å²) in [5.74, 6) is 0.0316. The lowest BCUT2D eigenvalue weighted by atomic mass is 10.0. The number of piperidine rings is 1. The number of rotatable bonds is 5. The van der Waals surface area contributed by atoms with E-state index < -0.39 is 0 Å². The molecule has 150 valence electrons. The van der Waals surface area contributed by atoms with Gasteiger partial charge in [0.25, 0.3) is 5.91 Å². The zero-order valence-corrected chi connectivity index (χ0v) is 16.6. The molecule has 2 amide bonds. The average molecular weight is 412 g/mol. The second-order valence-corrected chi connectivity index (χ2v) is 7.67. The normalized spacial score (nSPS) is 15.3. The van der Waals surface area contributed by atoms with E-state index in [1.807, 2.05) is 30.3 Å². The molecule has 1 aromatic heterocycles. The largest absolute Gasteiger partial charge is 0.451 e. The number of hydrogen-bond acceptors (Lipinski definition) is 4. The van der Waals surface area contributed by atoms with E-state index in [4.69, 9.17) is 16.0 Å². The van der Waals surface area contributed by atoms with Gasteiger partial charge >= 0.3 is 0 Å². The summed E-state index contributed by atoms with van der Waals surface area (Å²) in [5.41, 5.74) is 1.44. The number of amides is 2. The maximum atomic E-state index is 12.5. The van der Waals surface area contributed by atoms with Crippen LogP contribution in [0.25, 0.3) is 11.0 Å². The lowest BCUT2D eigenvalue weighted by Crippen LogP contribution is -2.46. The number of benzene rings is 2. The van der Waals surface area contributed by atoms with Crippen molar-refractivity contribution in [3.63, 3.8) is 0 Å². The standard InChI is InChI=1S/C22H22ClN3O3/c23-16-6-7-19-15(12-16)13-20(29-19)22(28)25-18-8-10-26(11-9-18)14-21(27)24-17-4-2-1-3-5-17/h1-7,12-13,18H,8-11,14H2,(H,24,27)(H,25,28). The van der Waals surface area contributed by atoms with Crippen molar-refractivity contribution < 1.29 is 14.0 Å². The average Bonchev–Trinajstić information content (AvgIpc) is 3.13. The molecule has 2 N–H and O–H groups in total. The molecule has 0 radical (unpaired) electrons. The van der Waals surface area contributed by atoms with E-state index in [1.165, 1.54) is 0 Å². The van der Waals surface area contributed by atoms with Crippen LogP contribution in [-0.2, 0) is 4.79 Å². The van der Waals surface area contributed by atoms with E-state index in [9.17, 15) is 9.59 Å². The third-order valence-electron chi connectivity index (χ3n) is 5.05. The first kappa shape index (κ1) is 19.5. The molecule has 3 aromatic rings. The minimum Gasteiger partial charge on any atom is -0.451 e. The zero-order chi connectivity index (χ0) is 20.2. The molecule has 0 saturated carbocycles. The fourth-order valence-electron chi connectivity index (χ4n) is 3.54. The summed E-state index contributed by atoms with van der Waals surface area (Å²) in [6.07, 6.45) is 1.58. The van der Waals surface area contributed by atoms with Crippen molar-refractivity contribution in [3.05, 3.63) is 65.4 Å². The third kappa shape index (κ3) is 4.96. The van der Waals surface area contributed by atoms with Crippen molar-refractivity contribution in [1.29, 1.82) is 0 Å². The van der Waals surface area contributed by atoms with Crippen molar-refractivity contribution in [2.24, 2.45) is 0 Å². The fraction of sp³-hybridized carbons (Fsp3) is 0.273. The van der Waals surface area contributed by atoms with E-state index in [0.29, 0.717) is 17.2 Å². The molecular weight excluding hydrogens is 390 g/mol. The molecule has 0 unspecified atom stereocenters. The van der Waals surface area contributed by atoms with Crippen molar-refractivity contribution in [2.45, 2.75) is 18.9 Å². The number of halogens is 1. The first-order valence-corrected chi connectivity index (χ1v) is 10.0. The van der Waals surface area contributed by atoms with Crippen LogP contribution in [0, 0.1) is 0 Å². The smallest absolute Gasteiger partial charge is 0.287 e. The Kier molecular flexibility index (Phi) is 5.83. The van der Waals surface area contributed by atoms with Gasteiger partial charge in [0.05, 0.1) is 6.54 Å². The fourth-order valence-corrected chi connectivity index (χ4v) is 3.72. The van der Waals surface area contributed by atoms with Crippen LogP contribution in [0.3, 0.4) is 0 Å². The Morgan fingerprint density at radius 3 is 2.59 bits per heavy atom. The number of anilines is 1. The quantitative estimate of drug-likeness (QED) is 0.667. The van der Waals surface area contributed by atoms with Gasteiger partial charge in [-0.2, -0.15) is 0 Å². The van der Waals surface area contributed by atoms with Gasteiger partial charge in [-0.3, -0.25) is 14.5 Å². The van der Waals surface area contributed by atoms with Gasteiger partial charge in [0.1, 0.15) is 5.58 Å². The number of nitrogens with zero attached hydrogens (tertiary/aromatic N) is 1. The number of para-hydroxylation sites is 1. The molecule has 1 saturated heterocycles. The molecule has 29 heavy (non-hydrogen) atoms. The highest BCUT2D eigenvalue weighted by Crippen LogP contribution is 2.23. The third-order valence-corrected chi connectivity index (χ3v) is 5.28. The maximum Gasteiger partial charge on any atom is 0.287 e. The zero-order valence-electron chi connectivity index (χ0n) is 15.9. The van der Waals surface area contributed by atoms with Crippen molar-refractivity contribution in [2.75, 3.05) is 25.0 Å². The highest BCUT2D eigenvalue weighted by Gasteiger charge is 2.23. The molecule has 2 aromatic carbocycles. The molecule has 4 rings (SSSR count). The van der Waals surface area contributed by atoms with Gasteiger partial charge in [-0.15, -0.1) is 0 Å². The first-order valence-electron chi connectivity index (χ1n) is 9.64. The highest BCUT2D eigenvalue weighted by molar-refractivity contribution is 6.31.